The van der Waals surface area contributed by atoms with E-state index in [4.69, 9.17) is 16.3 Å². The first-order chi connectivity index (χ1) is 16.4. The van der Waals surface area contributed by atoms with Crippen LogP contribution in [0.4, 0.5) is 26.0 Å². The van der Waals surface area contributed by atoms with Gasteiger partial charge in [-0.3, -0.25) is 9.69 Å². The maximum Gasteiger partial charge on any atom is 0.248 e. The van der Waals surface area contributed by atoms with E-state index < -0.39 is 16.7 Å². The number of benzene rings is 2. The molecule has 178 valence electrons. The van der Waals surface area contributed by atoms with Crippen molar-refractivity contribution in [1.82, 2.24) is 14.9 Å². The molecule has 1 unspecified atom stereocenters. The van der Waals surface area contributed by atoms with Crippen molar-refractivity contribution in [3.05, 3.63) is 59.4 Å². The minimum absolute atomic E-state index is 0.0468. The maximum absolute atomic E-state index is 14.4. The third kappa shape index (κ3) is 5.10. The Morgan fingerprint density at radius 1 is 1.29 bits per heavy atom. The summed E-state index contributed by atoms with van der Waals surface area (Å²) in [5.74, 6) is -1.40. The first-order valence-electron chi connectivity index (χ1n) is 10.9. The average Bonchev–Trinajstić information content (AvgIpc) is 3.23. The summed E-state index contributed by atoms with van der Waals surface area (Å²) in [5, 5.41) is 5.56. The molecular weight excluding hydrogens is 464 g/mol. The summed E-state index contributed by atoms with van der Waals surface area (Å²) in [5.41, 5.74) is 0.879. The predicted octanol–water partition coefficient (Wildman–Crippen LogP) is 5.29. The van der Waals surface area contributed by atoms with Gasteiger partial charge in [0, 0.05) is 23.6 Å². The number of fused-ring (bicyclic) bond motifs is 1. The van der Waals surface area contributed by atoms with Gasteiger partial charge in [0.2, 0.25) is 5.91 Å². The van der Waals surface area contributed by atoms with E-state index in [9.17, 15) is 13.6 Å². The lowest BCUT2D eigenvalue weighted by molar-refractivity contribution is -0.112. The Labute approximate surface area is 200 Å². The van der Waals surface area contributed by atoms with Gasteiger partial charge >= 0.3 is 0 Å². The monoisotopic (exact) mass is 487 g/mol. The standard InChI is InChI=1S/C24H24ClF2N5O2/c1-3-34-20-12-18-15(11-19(20)30-21(33)9-6-14-5-4-10-32(14)2)24(29-13-28-18)31-17-8-7-16(26)22(25)23(17)27/h6-9,11-14H,3-5,10H2,1-2H3,(H,30,33)(H,28,29,31). The van der Waals surface area contributed by atoms with Gasteiger partial charge in [-0.2, -0.15) is 0 Å². The fourth-order valence-corrected chi connectivity index (χ4v) is 4.02. The second-order valence-corrected chi connectivity index (χ2v) is 8.29. The van der Waals surface area contributed by atoms with E-state index in [1.165, 1.54) is 18.5 Å². The van der Waals surface area contributed by atoms with E-state index in [-0.39, 0.29) is 23.5 Å². The number of likely N-dealkylation sites (N-methyl/N-ethyl adjacent to an activating group) is 1. The molecule has 1 fully saturated rings. The normalized spacial score (nSPS) is 16.3. The second kappa shape index (κ2) is 10.3. The summed E-state index contributed by atoms with van der Waals surface area (Å²) >= 11 is 5.69. The highest BCUT2D eigenvalue weighted by atomic mass is 35.5. The number of nitrogens with zero attached hydrogens (tertiary/aromatic N) is 3. The molecule has 1 aromatic heterocycles. The van der Waals surface area contributed by atoms with Crippen molar-refractivity contribution in [3.63, 3.8) is 0 Å². The number of rotatable bonds is 7. The van der Waals surface area contributed by atoms with Gasteiger partial charge < -0.3 is 15.4 Å². The van der Waals surface area contributed by atoms with Gasteiger partial charge in [0.25, 0.3) is 0 Å². The molecule has 0 saturated carbocycles. The van der Waals surface area contributed by atoms with Crippen LogP contribution in [-0.2, 0) is 4.79 Å². The number of carbonyl (C=O) groups excluding carboxylic acids is 1. The van der Waals surface area contributed by atoms with E-state index >= 15 is 0 Å². The molecule has 4 rings (SSSR count). The van der Waals surface area contributed by atoms with Crippen LogP contribution in [0, 0.1) is 11.6 Å². The fourth-order valence-electron chi connectivity index (χ4n) is 3.86. The number of nitrogens with one attached hydrogen (secondary N) is 2. The predicted molar refractivity (Wildman–Crippen MR) is 129 cm³/mol. The van der Waals surface area contributed by atoms with Gasteiger partial charge in [0.15, 0.2) is 5.82 Å². The van der Waals surface area contributed by atoms with Crippen LogP contribution in [0.25, 0.3) is 10.9 Å². The summed E-state index contributed by atoms with van der Waals surface area (Å²) in [6.07, 6.45) is 6.82. The van der Waals surface area contributed by atoms with Crippen molar-refractivity contribution in [2.75, 3.05) is 30.8 Å². The van der Waals surface area contributed by atoms with Gasteiger partial charge in [-0.1, -0.05) is 17.7 Å². The second-order valence-electron chi connectivity index (χ2n) is 7.91. The molecule has 0 aliphatic carbocycles. The van der Waals surface area contributed by atoms with Crippen LogP contribution >= 0.6 is 11.6 Å². The summed E-state index contributed by atoms with van der Waals surface area (Å²) in [6.45, 7) is 3.22. The number of amides is 1. The molecule has 3 aromatic rings. The highest BCUT2D eigenvalue weighted by molar-refractivity contribution is 6.31. The topological polar surface area (TPSA) is 79.4 Å². The number of hydrogen-bond acceptors (Lipinski definition) is 6. The molecule has 1 saturated heterocycles. The number of aromatic nitrogens is 2. The van der Waals surface area contributed by atoms with Crippen LogP contribution in [0.2, 0.25) is 5.02 Å². The van der Waals surface area contributed by atoms with E-state index in [2.05, 4.69) is 25.5 Å². The van der Waals surface area contributed by atoms with E-state index in [0.29, 0.717) is 28.9 Å². The van der Waals surface area contributed by atoms with E-state index in [1.54, 1.807) is 12.1 Å². The lowest BCUT2D eigenvalue weighted by Crippen LogP contribution is -2.23. The molecule has 0 radical (unpaired) electrons. The lowest BCUT2D eigenvalue weighted by Gasteiger charge is -2.16. The van der Waals surface area contributed by atoms with Gasteiger partial charge in [-0.15, -0.1) is 0 Å². The Morgan fingerprint density at radius 2 is 2.12 bits per heavy atom. The van der Waals surface area contributed by atoms with Crippen molar-refractivity contribution in [2.24, 2.45) is 0 Å². The van der Waals surface area contributed by atoms with Crippen LogP contribution in [-0.4, -0.2) is 47.0 Å². The smallest absolute Gasteiger partial charge is 0.248 e. The molecule has 2 aromatic carbocycles. The first-order valence-corrected chi connectivity index (χ1v) is 11.3. The highest BCUT2D eigenvalue weighted by Gasteiger charge is 2.19. The number of hydrogen-bond donors (Lipinski definition) is 2. The zero-order valence-corrected chi connectivity index (χ0v) is 19.5. The Bertz CT molecular complexity index is 1250. The van der Waals surface area contributed by atoms with Gasteiger partial charge in [0.05, 0.1) is 23.5 Å². The number of ether oxygens (including phenoxy) is 1. The first kappa shape index (κ1) is 23.8. The molecule has 1 atom stereocenters. The molecule has 10 heteroatoms. The fraction of sp³-hybridized carbons (Fsp3) is 0.292. The molecule has 2 N–H and O–H groups in total. The Kier molecular flexibility index (Phi) is 7.23. The lowest BCUT2D eigenvalue weighted by atomic mass is 10.1. The minimum Gasteiger partial charge on any atom is -0.492 e. The third-order valence-electron chi connectivity index (χ3n) is 5.63. The SMILES string of the molecule is CCOc1cc2ncnc(Nc3ccc(F)c(Cl)c3F)c2cc1NC(=O)C=CC1CCCN1C. The zero-order chi connectivity index (χ0) is 24.2. The van der Waals surface area contributed by atoms with Crippen molar-refractivity contribution in [3.8, 4) is 5.75 Å². The Hall–Kier alpha value is -3.30. The minimum atomic E-state index is -0.935. The van der Waals surface area contributed by atoms with Crippen molar-refractivity contribution >= 4 is 45.6 Å². The van der Waals surface area contributed by atoms with E-state index in [0.717, 1.165) is 25.5 Å². The van der Waals surface area contributed by atoms with Crippen LogP contribution in [0.15, 0.2) is 42.7 Å². The van der Waals surface area contributed by atoms with Crippen LogP contribution in [0.1, 0.15) is 19.8 Å². The molecule has 2 heterocycles. The third-order valence-corrected chi connectivity index (χ3v) is 5.98. The molecule has 0 spiro atoms. The molecule has 34 heavy (non-hydrogen) atoms. The van der Waals surface area contributed by atoms with Gasteiger partial charge in [-0.25, -0.2) is 18.7 Å². The number of halogens is 3. The number of carbonyl (C=O) groups is 1. The Morgan fingerprint density at radius 3 is 2.85 bits per heavy atom. The van der Waals surface area contributed by atoms with Crippen LogP contribution in [0.3, 0.4) is 0 Å². The summed E-state index contributed by atoms with van der Waals surface area (Å²) < 4.78 is 33.7. The van der Waals surface area contributed by atoms with Crippen molar-refractivity contribution < 1.29 is 18.3 Å². The van der Waals surface area contributed by atoms with E-state index in [1.807, 2.05) is 20.0 Å². The molecule has 7 nitrogen and oxygen atoms in total. The average molecular weight is 488 g/mol. The largest absolute Gasteiger partial charge is 0.492 e. The number of anilines is 3. The quantitative estimate of drug-likeness (QED) is 0.348. The molecule has 0 bridgehead atoms. The zero-order valence-electron chi connectivity index (χ0n) is 18.7. The highest BCUT2D eigenvalue weighted by Crippen LogP contribution is 2.34. The van der Waals surface area contributed by atoms with Crippen LogP contribution in [0.5, 0.6) is 5.75 Å². The van der Waals surface area contributed by atoms with Gasteiger partial charge in [0.1, 0.15) is 28.7 Å². The van der Waals surface area contributed by atoms with Crippen LogP contribution < -0.4 is 15.4 Å². The molecule has 1 aliphatic rings. The van der Waals surface area contributed by atoms with Crippen molar-refractivity contribution in [2.45, 2.75) is 25.8 Å². The van der Waals surface area contributed by atoms with Crippen molar-refractivity contribution in [1.29, 1.82) is 0 Å². The summed E-state index contributed by atoms with van der Waals surface area (Å²) in [6, 6.07) is 5.84. The number of likely N-dealkylation sites (tertiary alicyclic amines) is 1. The summed E-state index contributed by atoms with van der Waals surface area (Å²) in [4.78, 5) is 23.3. The maximum atomic E-state index is 14.4. The molecule has 1 aliphatic heterocycles. The Balaban J connectivity index is 1.66. The summed E-state index contributed by atoms with van der Waals surface area (Å²) in [7, 11) is 2.03. The molecule has 1 amide bonds. The molecular formula is C24H24ClF2N5O2. The van der Waals surface area contributed by atoms with Gasteiger partial charge in [-0.05, 0) is 51.6 Å².